The van der Waals surface area contributed by atoms with Crippen molar-refractivity contribution >= 4 is 39.5 Å². The first-order chi connectivity index (χ1) is 44.0. The molecular weight excluding hydrogens is 1200 g/mol. The standard InChI is InChI=1S/C72H140O17P2/c1-6-9-12-15-18-21-23-25-26-27-29-33-38-43-48-53-58-72(77)89-68(62-83-70(75)56-51-46-41-36-34-30-31-35-39-44-49-54-65(4)5)64-87-91(80,81)85-60-66(73)59-84-90(78,79)86-63-67(61-82-69(74)55-50-45-40-20-17-14-11-8-3)88-71(76)57-52-47-42-37-32-28-24-22-19-16-13-10-7-2/h65-68,73H,6-64H2,1-5H3,(H,78,79)(H,80,81)/t66-,67+,68+/m0/s1. The molecule has 0 aromatic rings. The predicted octanol–water partition coefficient (Wildman–Crippen LogP) is 20.9. The summed E-state index contributed by atoms with van der Waals surface area (Å²) in [5.74, 6) is -1.35. The Morgan fingerprint density at radius 1 is 0.297 bits per heavy atom. The highest BCUT2D eigenvalue weighted by Gasteiger charge is 2.30. The summed E-state index contributed by atoms with van der Waals surface area (Å²) in [5, 5.41) is 10.6. The number of unbranched alkanes of at least 4 members (excludes halogenated alkanes) is 44. The molecule has 2 unspecified atom stereocenters. The van der Waals surface area contributed by atoms with E-state index < -0.39 is 97.5 Å². The summed E-state index contributed by atoms with van der Waals surface area (Å²) in [6.45, 7) is 7.25. The van der Waals surface area contributed by atoms with Crippen molar-refractivity contribution in [2.75, 3.05) is 39.6 Å². The highest BCUT2D eigenvalue weighted by atomic mass is 31.2. The van der Waals surface area contributed by atoms with Crippen LogP contribution in [0.2, 0.25) is 0 Å². The topological polar surface area (TPSA) is 237 Å². The average molecular weight is 1340 g/mol. The minimum Gasteiger partial charge on any atom is -0.462 e. The Bertz CT molecular complexity index is 1750. The molecule has 0 aliphatic rings. The lowest BCUT2D eigenvalue weighted by molar-refractivity contribution is -0.161. The molecule has 540 valence electrons. The number of hydrogen-bond donors (Lipinski definition) is 3. The number of esters is 4. The Morgan fingerprint density at radius 2 is 0.505 bits per heavy atom. The smallest absolute Gasteiger partial charge is 0.462 e. The zero-order chi connectivity index (χ0) is 67.0. The normalized spacial score (nSPS) is 14.0. The van der Waals surface area contributed by atoms with Crippen LogP contribution < -0.4 is 0 Å². The zero-order valence-corrected chi connectivity index (χ0v) is 60.8. The van der Waals surface area contributed by atoms with E-state index in [0.29, 0.717) is 25.7 Å². The molecule has 0 saturated carbocycles. The van der Waals surface area contributed by atoms with E-state index in [1.54, 1.807) is 0 Å². The van der Waals surface area contributed by atoms with Crippen LogP contribution in [0.25, 0.3) is 0 Å². The fraction of sp³-hybridized carbons (Fsp3) is 0.944. The molecule has 19 heteroatoms. The minimum absolute atomic E-state index is 0.108. The molecule has 0 amide bonds. The number of phosphoric ester groups is 2. The van der Waals surface area contributed by atoms with Crippen molar-refractivity contribution in [2.24, 2.45) is 5.92 Å². The third-order valence-corrected chi connectivity index (χ3v) is 18.7. The number of phosphoric acid groups is 2. The van der Waals surface area contributed by atoms with Gasteiger partial charge in [0, 0.05) is 25.7 Å². The lowest BCUT2D eigenvalue weighted by Crippen LogP contribution is -2.30. The lowest BCUT2D eigenvalue weighted by Gasteiger charge is -2.21. The Balaban J connectivity index is 5.22. The molecule has 0 spiro atoms. The van der Waals surface area contributed by atoms with Gasteiger partial charge in [-0.3, -0.25) is 37.3 Å². The summed E-state index contributed by atoms with van der Waals surface area (Å²) < 4.78 is 68.3. The van der Waals surface area contributed by atoms with Crippen LogP contribution in [0.1, 0.15) is 375 Å². The number of ether oxygens (including phenoxy) is 4. The molecule has 3 N–H and O–H groups in total. The maximum absolute atomic E-state index is 13.0. The summed E-state index contributed by atoms with van der Waals surface area (Å²) in [4.78, 5) is 72.6. The molecular formula is C72H140O17P2. The van der Waals surface area contributed by atoms with Gasteiger partial charge in [-0.2, -0.15) is 0 Å². The van der Waals surface area contributed by atoms with Crippen LogP contribution in [0.4, 0.5) is 0 Å². The predicted molar refractivity (Wildman–Crippen MR) is 368 cm³/mol. The monoisotopic (exact) mass is 1340 g/mol. The molecule has 0 fully saturated rings. The molecule has 0 radical (unpaired) electrons. The average Bonchev–Trinajstić information content (AvgIpc) is 2.21. The fourth-order valence-electron chi connectivity index (χ4n) is 11.0. The molecule has 0 aromatic heterocycles. The van der Waals surface area contributed by atoms with Crippen LogP contribution >= 0.6 is 15.6 Å². The maximum atomic E-state index is 13.0. The van der Waals surface area contributed by atoms with Crippen LogP contribution in [0, 0.1) is 5.92 Å². The highest BCUT2D eigenvalue weighted by molar-refractivity contribution is 7.47. The van der Waals surface area contributed by atoms with E-state index in [-0.39, 0.29) is 25.7 Å². The number of aliphatic hydroxyl groups excluding tert-OH is 1. The first-order valence-electron chi connectivity index (χ1n) is 37.6. The van der Waals surface area contributed by atoms with Crippen molar-refractivity contribution in [1.82, 2.24) is 0 Å². The number of rotatable bonds is 72. The van der Waals surface area contributed by atoms with Crippen molar-refractivity contribution in [1.29, 1.82) is 0 Å². The molecule has 91 heavy (non-hydrogen) atoms. The number of carbonyl (C=O) groups excluding carboxylic acids is 4. The second-order valence-corrected chi connectivity index (χ2v) is 29.4. The quantitative estimate of drug-likeness (QED) is 0.0222. The van der Waals surface area contributed by atoms with Crippen LogP contribution in [0.5, 0.6) is 0 Å². The Kier molecular flexibility index (Phi) is 64.0. The van der Waals surface area contributed by atoms with Gasteiger partial charge >= 0.3 is 39.5 Å². The summed E-state index contributed by atoms with van der Waals surface area (Å²) in [6.07, 6.45) is 52.6. The molecule has 0 aliphatic carbocycles. The lowest BCUT2D eigenvalue weighted by atomic mass is 10.0. The van der Waals surface area contributed by atoms with Crippen molar-refractivity contribution in [3.05, 3.63) is 0 Å². The first-order valence-corrected chi connectivity index (χ1v) is 40.6. The van der Waals surface area contributed by atoms with Gasteiger partial charge in [-0.25, -0.2) is 9.13 Å². The van der Waals surface area contributed by atoms with Gasteiger partial charge in [0.15, 0.2) is 12.2 Å². The molecule has 0 saturated heterocycles. The number of carbonyl (C=O) groups is 4. The van der Waals surface area contributed by atoms with E-state index in [1.165, 1.54) is 193 Å². The van der Waals surface area contributed by atoms with Gasteiger partial charge in [0.25, 0.3) is 0 Å². The largest absolute Gasteiger partial charge is 0.472 e. The summed E-state index contributed by atoms with van der Waals surface area (Å²) >= 11 is 0. The molecule has 0 aromatic carbocycles. The summed E-state index contributed by atoms with van der Waals surface area (Å²) in [6, 6.07) is 0. The number of hydrogen-bond acceptors (Lipinski definition) is 15. The SMILES string of the molecule is CCCCCCCCCCCCCCCCCCC(=O)O[C@H](COC(=O)CCCCCCCCCCCCCC(C)C)COP(=O)(O)OC[C@@H](O)COP(=O)(O)OC[C@@H](COC(=O)CCCCCCCCCC)OC(=O)CCCCCCCCCCCCCCC. The maximum Gasteiger partial charge on any atom is 0.472 e. The van der Waals surface area contributed by atoms with Gasteiger partial charge in [0.05, 0.1) is 26.4 Å². The van der Waals surface area contributed by atoms with Crippen LogP contribution in [-0.2, 0) is 65.4 Å². The van der Waals surface area contributed by atoms with E-state index in [1.807, 2.05) is 0 Å². The molecule has 17 nitrogen and oxygen atoms in total. The van der Waals surface area contributed by atoms with E-state index in [0.717, 1.165) is 102 Å². The van der Waals surface area contributed by atoms with Gasteiger partial charge in [-0.1, -0.05) is 324 Å². The van der Waals surface area contributed by atoms with Gasteiger partial charge in [-0.05, 0) is 31.6 Å². The van der Waals surface area contributed by atoms with Crippen LogP contribution in [0.3, 0.4) is 0 Å². The second kappa shape index (κ2) is 65.4. The highest BCUT2D eigenvalue weighted by Crippen LogP contribution is 2.45. The van der Waals surface area contributed by atoms with Gasteiger partial charge in [0.1, 0.15) is 19.3 Å². The van der Waals surface area contributed by atoms with E-state index in [4.69, 9.17) is 37.0 Å². The molecule has 0 heterocycles. The van der Waals surface area contributed by atoms with Crippen LogP contribution in [0.15, 0.2) is 0 Å². The summed E-state index contributed by atoms with van der Waals surface area (Å²) in [5.41, 5.74) is 0. The van der Waals surface area contributed by atoms with Crippen molar-refractivity contribution < 1.29 is 80.2 Å². The van der Waals surface area contributed by atoms with E-state index >= 15 is 0 Å². The Morgan fingerprint density at radius 3 is 0.747 bits per heavy atom. The van der Waals surface area contributed by atoms with Crippen molar-refractivity contribution in [3.8, 4) is 0 Å². The minimum atomic E-state index is -4.95. The van der Waals surface area contributed by atoms with Crippen molar-refractivity contribution in [2.45, 2.75) is 393 Å². The third-order valence-electron chi connectivity index (χ3n) is 16.8. The molecule has 0 bridgehead atoms. The third kappa shape index (κ3) is 66.5. The Hall–Kier alpha value is -1.94. The van der Waals surface area contributed by atoms with Gasteiger partial charge < -0.3 is 33.8 Å². The van der Waals surface area contributed by atoms with Gasteiger partial charge in [0.2, 0.25) is 0 Å². The molecule has 0 rings (SSSR count). The van der Waals surface area contributed by atoms with E-state index in [9.17, 15) is 43.2 Å². The van der Waals surface area contributed by atoms with Crippen molar-refractivity contribution in [3.63, 3.8) is 0 Å². The number of aliphatic hydroxyl groups is 1. The zero-order valence-electron chi connectivity index (χ0n) is 59.0. The summed E-state index contributed by atoms with van der Waals surface area (Å²) in [7, 11) is -9.90. The van der Waals surface area contributed by atoms with Gasteiger partial charge in [-0.15, -0.1) is 0 Å². The Labute approximate surface area is 556 Å². The molecule has 5 atom stereocenters. The first kappa shape index (κ1) is 89.1. The van der Waals surface area contributed by atoms with E-state index in [2.05, 4.69) is 34.6 Å². The fourth-order valence-corrected chi connectivity index (χ4v) is 12.6. The molecule has 0 aliphatic heterocycles. The second-order valence-electron chi connectivity index (χ2n) is 26.5. The van der Waals surface area contributed by atoms with Crippen LogP contribution in [-0.4, -0.2) is 96.7 Å².